The Kier molecular flexibility index (Phi) is 6.05. The minimum Gasteiger partial charge on any atom is -0.497 e. The van der Waals surface area contributed by atoms with Crippen molar-refractivity contribution in [3.8, 4) is 5.75 Å². The van der Waals surface area contributed by atoms with E-state index in [2.05, 4.69) is 5.10 Å². The molecular formula is C21H30N4O3. The molecule has 0 radical (unpaired) electrons. The van der Waals surface area contributed by atoms with E-state index in [1.165, 1.54) is 0 Å². The van der Waals surface area contributed by atoms with Crippen LogP contribution in [0.3, 0.4) is 0 Å². The molecular weight excluding hydrogens is 356 g/mol. The van der Waals surface area contributed by atoms with E-state index in [0.29, 0.717) is 32.6 Å². The SMILES string of the molecule is COc1cccc(CN2CCC[C@](O)(CN(C)Cc3cnn(C)c3C)C2=O)c1. The highest BCUT2D eigenvalue weighted by atomic mass is 16.5. The number of carbonyl (C=O) groups excluding carboxylic acids is 1. The first-order chi connectivity index (χ1) is 13.3. The second-order valence-electron chi connectivity index (χ2n) is 7.76. The first-order valence-electron chi connectivity index (χ1n) is 9.63. The zero-order valence-electron chi connectivity index (χ0n) is 17.2. The van der Waals surface area contributed by atoms with Crippen molar-refractivity contribution < 1.29 is 14.6 Å². The van der Waals surface area contributed by atoms with Gasteiger partial charge in [0.1, 0.15) is 5.75 Å². The summed E-state index contributed by atoms with van der Waals surface area (Å²) in [5, 5.41) is 15.4. The molecule has 0 saturated carbocycles. The summed E-state index contributed by atoms with van der Waals surface area (Å²) in [6.45, 7) is 4.10. The van der Waals surface area contributed by atoms with Crippen molar-refractivity contribution in [2.24, 2.45) is 7.05 Å². The number of amides is 1. The molecule has 1 amide bonds. The maximum atomic E-state index is 13.1. The molecule has 2 aromatic rings. The number of nitrogens with zero attached hydrogens (tertiary/aromatic N) is 4. The molecule has 28 heavy (non-hydrogen) atoms. The molecule has 1 aromatic heterocycles. The van der Waals surface area contributed by atoms with Crippen molar-refractivity contribution in [3.63, 3.8) is 0 Å². The van der Waals surface area contributed by atoms with Gasteiger partial charge in [-0.15, -0.1) is 0 Å². The molecule has 3 rings (SSSR count). The van der Waals surface area contributed by atoms with Crippen molar-refractivity contribution in [1.29, 1.82) is 0 Å². The number of hydrogen-bond donors (Lipinski definition) is 1. The number of hydrogen-bond acceptors (Lipinski definition) is 5. The van der Waals surface area contributed by atoms with Gasteiger partial charge in [-0.05, 0) is 44.5 Å². The molecule has 152 valence electrons. The molecule has 2 heterocycles. The Hall–Kier alpha value is -2.38. The average Bonchev–Trinajstić information content (AvgIpc) is 2.97. The Labute approximate surface area is 166 Å². The fourth-order valence-corrected chi connectivity index (χ4v) is 3.85. The number of rotatable bonds is 7. The minimum atomic E-state index is -1.36. The van der Waals surface area contributed by atoms with Crippen LogP contribution in [0.25, 0.3) is 0 Å². The van der Waals surface area contributed by atoms with Crippen LogP contribution in [0.15, 0.2) is 30.5 Å². The first kappa shape index (κ1) is 20.4. The van der Waals surface area contributed by atoms with Gasteiger partial charge >= 0.3 is 0 Å². The third kappa shape index (κ3) is 4.36. The van der Waals surface area contributed by atoms with Crippen LogP contribution in [-0.4, -0.2) is 63.4 Å². The van der Waals surface area contributed by atoms with Gasteiger partial charge in [0.2, 0.25) is 0 Å². The number of likely N-dealkylation sites (tertiary alicyclic amines) is 1. The number of piperidine rings is 1. The summed E-state index contributed by atoms with van der Waals surface area (Å²) in [7, 11) is 5.47. The van der Waals surface area contributed by atoms with Crippen LogP contribution in [0.5, 0.6) is 5.75 Å². The van der Waals surface area contributed by atoms with E-state index in [0.717, 1.165) is 29.0 Å². The largest absolute Gasteiger partial charge is 0.497 e. The lowest BCUT2D eigenvalue weighted by molar-refractivity contribution is -0.160. The fraction of sp³-hybridized carbons (Fsp3) is 0.524. The van der Waals surface area contributed by atoms with Crippen molar-refractivity contribution in [2.45, 2.75) is 38.5 Å². The molecule has 1 atom stereocenters. The third-order valence-corrected chi connectivity index (χ3v) is 5.52. The molecule has 1 fully saturated rings. The molecule has 0 spiro atoms. The van der Waals surface area contributed by atoms with Gasteiger partial charge in [-0.2, -0.15) is 5.10 Å². The standard InChI is InChI=1S/C21H30N4O3/c1-16-18(12-22-24(16)3)14-23(2)15-21(27)9-6-10-25(20(21)26)13-17-7-5-8-19(11-17)28-4/h5,7-8,11-12,27H,6,9-10,13-15H2,1-4H3/t21-/m0/s1. The number of methoxy groups -OCH3 is 1. The Morgan fingerprint density at radius 2 is 2.18 bits per heavy atom. The zero-order chi connectivity index (χ0) is 20.3. The molecule has 1 aliphatic rings. The number of likely N-dealkylation sites (N-methyl/N-ethyl adjacent to an activating group) is 1. The molecule has 1 saturated heterocycles. The van der Waals surface area contributed by atoms with E-state index < -0.39 is 5.60 Å². The van der Waals surface area contributed by atoms with E-state index >= 15 is 0 Å². The highest BCUT2D eigenvalue weighted by Gasteiger charge is 2.42. The zero-order valence-corrected chi connectivity index (χ0v) is 17.2. The van der Waals surface area contributed by atoms with Crippen LogP contribution in [0.2, 0.25) is 0 Å². The summed E-state index contributed by atoms with van der Waals surface area (Å²) < 4.78 is 7.10. The second kappa shape index (κ2) is 8.32. The number of aryl methyl sites for hydroxylation is 1. The summed E-state index contributed by atoms with van der Waals surface area (Å²) in [5.41, 5.74) is 1.83. The van der Waals surface area contributed by atoms with E-state index in [-0.39, 0.29) is 5.91 Å². The van der Waals surface area contributed by atoms with Gasteiger partial charge in [0.15, 0.2) is 5.60 Å². The maximum Gasteiger partial charge on any atom is 0.256 e. The van der Waals surface area contributed by atoms with Gasteiger partial charge in [0.25, 0.3) is 5.91 Å². The molecule has 1 aromatic carbocycles. The van der Waals surface area contributed by atoms with E-state index in [1.54, 1.807) is 12.0 Å². The molecule has 0 bridgehead atoms. The van der Waals surface area contributed by atoms with Gasteiger partial charge < -0.3 is 14.7 Å². The first-order valence-corrected chi connectivity index (χ1v) is 9.63. The maximum absolute atomic E-state index is 13.1. The third-order valence-electron chi connectivity index (χ3n) is 5.52. The number of carbonyl (C=O) groups is 1. The highest BCUT2D eigenvalue weighted by Crippen LogP contribution is 2.26. The van der Waals surface area contributed by atoms with Gasteiger partial charge in [-0.1, -0.05) is 12.1 Å². The Morgan fingerprint density at radius 3 is 2.86 bits per heavy atom. The summed E-state index contributed by atoms with van der Waals surface area (Å²) in [4.78, 5) is 16.8. The van der Waals surface area contributed by atoms with Crippen molar-refractivity contribution >= 4 is 5.91 Å². The quantitative estimate of drug-likeness (QED) is 0.785. The summed E-state index contributed by atoms with van der Waals surface area (Å²) in [6, 6.07) is 7.70. The van der Waals surface area contributed by atoms with Crippen LogP contribution in [0.4, 0.5) is 0 Å². The van der Waals surface area contributed by atoms with E-state index in [1.807, 2.05) is 61.1 Å². The highest BCUT2D eigenvalue weighted by molar-refractivity contribution is 5.86. The number of ether oxygens (including phenoxy) is 1. The predicted octanol–water partition coefficient (Wildman–Crippen LogP) is 1.72. The van der Waals surface area contributed by atoms with Crippen LogP contribution < -0.4 is 4.74 Å². The number of aliphatic hydroxyl groups is 1. The lowest BCUT2D eigenvalue weighted by Crippen LogP contribution is -2.57. The topological polar surface area (TPSA) is 70.8 Å². The predicted molar refractivity (Wildman–Crippen MR) is 107 cm³/mol. The Bertz CT molecular complexity index is 835. The van der Waals surface area contributed by atoms with Crippen molar-refractivity contribution in [2.75, 3.05) is 27.2 Å². The van der Waals surface area contributed by atoms with Crippen molar-refractivity contribution in [3.05, 3.63) is 47.3 Å². The van der Waals surface area contributed by atoms with Crippen LogP contribution in [-0.2, 0) is 24.9 Å². The van der Waals surface area contributed by atoms with Gasteiger partial charge in [0, 0.05) is 44.5 Å². The van der Waals surface area contributed by atoms with Gasteiger partial charge in [0.05, 0.1) is 13.3 Å². The fourth-order valence-electron chi connectivity index (χ4n) is 3.85. The lowest BCUT2D eigenvalue weighted by atomic mass is 9.90. The van der Waals surface area contributed by atoms with E-state index in [9.17, 15) is 9.90 Å². The smallest absolute Gasteiger partial charge is 0.256 e. The van der Waals surface area contributed by atoms with Crippen molar-refractivity contribution in [1.82, 2.24) is 19.6 Å². The molecule has 0 aliphatic carbocycles. The van der Waals surface area contributed by atoms with Crippen LogP contribution in [0.1, 0.15) is 29.7 Å². The van der Waals surface area contributed by atoms with Crippen LogP contribution >= 0.6 is 0 Å². The van der Waals surface area contributed by atoms with Gasteiger partial charge in [-0.3, -0.25) is 14.4 Å². The monoisotopic (exact) mass is 386 g/mol. The molecule has 7 heteroatoms. The second-order valence-corrected chi connectivity index (χ2v) is 7.76. The normalized spacial score (nSPS) is 20.1. The minimum absolute atomic E-state index is 0.198. The molecule has 7 nitrogen and oxygen atoms in total. The average molecular weight is 386 g/mol. The van der Waals surface area contributed by atoms with Gasteiger partial charge in [-0.25, -0.2) is 0 Å². The molecule has 0 unspecified atom stereocenters. The Morgan fingerprint density at radius 1 is 1.39 bits per heavy atom. The molecule has 1 aliphatic heterocycles. The van der Waals surface area contributed by atoms with E-state index in [4.69, 9.17) is 4.74 Å². The summed E-state index contributed by atoms with van der Waals surface area (Å²) >= 11 is 0. The lowest BCUT2D eigenvalue weighted by Gasteiger charge is -2.40. The summed E-state index contributed by atoms with van der Waals surface area (Å²) in [5.74, 6) is 0.570. The number of benzene rings is 1. The Balaban J connectivity index is 1.66. The number of aromatic nitrogens is 2. The molecule has 1 N–H and O–H groups in total. The summed E-state index contributed by atoms with van der Waals surface area (Å²) in [6.07, 6.45) is 3.11. The van der Waals surface area contributed by atoms with Crippen LogP contribution in [0, 0.1) is 6.92 Å².